The van der Waals surface area contributed by atoms with Gasteiger partial charge in [0.05, 0.1) is 30.2 Å². The Balaban J connectivity index is 2.61. The summed E-state index contributed by atoms with van der Waals surface area (Å²) in [6.07, 6.45) is 17.1. The lowest BCUT2D eigenvalue weighted by Gasteiger charge is -2.40. The number of rotatable bonds is 0. The fourth-order valence-corrected chi connectivity index (χ4v) is 5.53. The van der Waals surface area contributed by atoms with Crippen LogP contribution in [0.5, 0.6) is 0 Å². The molecule has 0 fully saturated rings. The summed E-state index contributed by atoms with van der Waals surface area (Å²) < 4.78 is 0. The zero-order valence-electron chi connectivity index (χ0n) is 10.4. The van der Waals surface area contributed by atoms with Gasteiger partial charge in [0.1, 0.15) is 0 Å². The van der Waals surface area contributed by atoms with E-state index in [1.54, 1.807) is 0 Å². The first kappa shape index (κ1) is 16.5. The van der Waals surface area contributed by atoms with E-state index in [2.05, 4.69) is 17.8 Å². The van der Waals surface area contributed by atoms with Crippen LogP contribution in [0, 0.1) is 37.0 Å². The molecule has 0 spiro atoms. The molecule has 0 N–H and O–H groups in total. The van der Waals surface area contributed by atoms with Gasteiger partial charge in [-0.1, -0.05) is 87.4 Å². The Morgan fingerprint density at radius 3 is 0.864 bits per heavy atom. The summed E-state index contributed by atoms with van der Waals surface area (Å²) in [6.45, 7) is 0. The molecular formula is C15H3Cl6N. The Bertz CT molecular complexity index is 704. The molecule has 0 aliphatic carbocycles. The number of hydrogen-bond acceptors (Lipinski definition) is 1. The third kappa shape index (κ3) is 1.22. The Morgan fingerprint density at radius 1 is 0.545 bits per heavy atom. The first-order valence-electron chi connectivity index (χ1n) is 5.67. The van der Waals surface area contributed by atoms with Crippen LogP contribution in [0.25, 0.3) is 0 Å². The highest BCUT2D eigenvalue weighted by Crippen LogP contribution is 2.70. The van der Waals surface area contributed by atoms with E-state index < -0.39 is 16.6 Å². The molecule has 110 valence electrons. The largest absolute Gasteiger partial charge is 0.226 e. The molecule has 0 aromatic carbocycles. The lowest BCUT2D eigenvalue weighted by molar-refractivity contribution is 0.159. The van der Waals surface area contributed by atoms with Crippen LogP contribution in [-0.4, -0.2) is 21.5 Å². The van der Waals surface area contributed by atoms with E-state index in [-0.39, 0.29) is 30.2 Å². The predicted octanol–water partition coefficient (Wildman–Crippen LogP) is 4.51. The molecule has 0 radical (unpaired) electrons. The molecule has 0 saturated heterocycles. The molecule has 7 heteroatoms. The normalized spacial score (nSPS) is 40.0. The molecule has 0 unspecified atom stereocenters. The van der Waals surface area contributed by atoms with Crippen molar-refractivity contribution in [1.29, 1.82) is 0 Å². The molecule has 0 amide bonds. The van der Waals surface area contributed by atoms with Crippen molar-refractivity contribution in [3.05, 3.63) is 30.2 Å². The summed E-state index contributed by atoms with van der Waals surface area (Å²) >= 11 is 38.2. The molecule has 1 nitrogen and oxygen atoms in total. The summed E-state index contributed by atoms with van der Waals surface area (Å²) in [4.78, 5) is 1.45. The van der Waals surface area contributed by atoms with Gasteiger partial charge in [0, 0.05) is 0 Å². The smallest absolute Gasteiger partial charge is 0.161 e. The highest BCUT2D eigenvalue weighted by Gasteiger charge is 2.77. The number of halogens is 6. The van der Waals surface area contributed by atoms with Crippen molar-refractivity contribution in [2.45, 2.75) is 16.6 Å². The summed E-state index contributed by atoms with van der Waals surface area (Å²) in [5.41, 5.74) is -4.52. The summed E-state index contributed by atoms with van der Waals surface area (Å²) in [7, 11) is 0. The van der Waals surface area contributed by atoms with Crippen molar-refractivity contribution in [1.82, 2.24) is 4.90 Å². The number of hydrogen-bond donors (Lipinski definition) is 0. The van der Waals surface area contributed by atoms with Crippen LogP contribution in [0.15, 0.2) is 30.2 Å². The van der Waals surface area contributed by atoms with Crippen LogP contribution >= 0.6 is 69.6 Å². The van der Waals surface area contributed by atoms with Crippen LogP contribution in [0.3, 0.4) is 0 Å². The van der Waals surface area contributed by atoms with Crippen LogP contribution in [0.2, 0.25) is 0 Å². The van der Waals surface area contributed by atoms with E-state index in [0.717, 1.165) is 0 Å². The second kappa shape index (κ2) is 4.57. The number of nitrogens with zero attached hydrogens (tertiary/aromatic N) is 1. The quantitative estimate of drug-likeness (QED) is 0.532. The van der Waals surface area contributed by atoms with Crippen molar-refractivity contribution < 1.29 is 0 Å². The Kier molecular flexibility index (Phi) is 3.42. The fourth-order valence-electron chi connectivity index (χ4n) is 3.16. The minimum absolute atomic E-state index is 0.0252. The van der Waals surface area contributed by atoms with Gasteiger partial charge in [-0.15, -0.1) is 19.3 Å². The monoisotopic (exact) mass is 407 g/mol. The molecule has 3 rings (SSSR count). The second-order valence-corrected chi connectivity index (χ2v) is 7.05. The van der Waals surface area contributed by atoms with Crippen molar-refractivity contribution in [3.63, 3.8) is 0 Å². The average Bonchev–Trinajstić information content (AvgIpc) is 2.95. The predicted molar refractivity (Wildman–Crippen MR) is 92.7 cm³/mol. The summed E-state index contributed by atoms with van der Waals surface area (Å²) in [5, 5.41) is 0.151. The van der Waals surface area contributed by atoms with Gasteiger partial charge < -0.3 is 0 Å². The van der Waals surface area contributed by atoms with Crippen LogP contribution in [0.4, 0.5) is 0 Å². The average molecular weight is 410 g/mol. The first-order valence-corrected chi connectivity index (χ1v) is 7.94. The SMILES string of the molecule is C#CC12C(Cl)=C(Cl)C3(C#C)C(Cl)=C(Cl)C(C#C)(C(Cl)=C1Cl)N23. The molecule has 0 aromatic heterocycles. The Hall–Kier alpha value is -0.400. The molecule has 0 atom stereocenters. The van der Waals surface area contributed by atoms with Gasteiger partial charge in [0.2, 0.25) is 0 Å². The Morgan fingerprint density at radius 2 is 0.727 bits per heavy atom. The highest BCUT2D eigenvalue weighted by atomic mass is 35.5. The van der Waals surface area contributed by atoms with Gasteiger partial charge in [-0.05, 0) is 0 Å². The second-order valence-electron chi connectivity index (χ2n) is 4.78. The number of terminal acetylenes is 3. The zero-order chi connectivity index (χ0) is 16.7. The maximum atomic E-state index is 6.37. The van der Waals surface area contributed by atoms with Crippen LogP contribution in [0.1, 0.15) is 0 Å². The highest BCUT2D eigenvalue weighted by molar-refractivity contribution is 6.51. The van der Waals surface area contributed by atoms with E-state index in [1.165, 1.54) is 4.90 Å². The molecule has 3 aliphatic heterocycles. The van der Waals surface area contributed by atoms with Gasteiger partial charge in [-0.3, -0.25) is 0 Å². The minimum atomic E-state index is -1.51. The minimum Gasteiger partial charge on any atom is -0.226 e. The van der Waals surface area contributed by atoms with Gasteiger partial charge in [0.15, 0.2) is 16.6 Å². The van der Waals surface area contributed by atoms with Crippen LogP contribution < -0.4 is 0 Å². The molecule has 0 aromatic rings. The maximum absolute atomic E-state index is 6.37. The van der Waals surface area contributed by atoms with Gasteiger partial charge in [0.25, 0.3) is 0 Å². The molecule has 3 heterocycles. The van der Waals surface area contributed by atoms with Gasteiger partial charge in [-0.25, -0.2) is 4.90 Å². The van der Waals surface area contributed by atoms with Gasteiger partial charge in [-0.2, -0.15) is 0 Å². The van der Waals surface area contributed by atoms with Crippen molar-refractivity contribution in [3.8, 4) is 37.0 Å². The Labute approximate surface area is 157 Å². The van der Waals surface area contributed by atoms with E-state index in [1.807, 2.05) is 0 Å². The standard InChI is InChI=1S/C15H3Cl6N/c1-4-13-7(16)9(18)14(5-2)11(20)12(21)15(6-3,22(13)14)10(19)8(13)17/h1-3H. The van der Waals surface area contributed by atoms with Gasteiger partial charge >= 0.3 is 0 Å². The molecular weight excluding hydrogens is 407 g/mol. The molecule has 22 heavy (non-hydrogen) atoms. The molecule has 0 saturated carbocycles. The third-order valence-electron chi connectivity index (χ3n) is 4.12. The maximum Gasteiger partial charge on any atom is 0.161 e. The van der Waals surface area contributed by atoms with E-state index in [4.69, 9.17) is 88.9 Å². The first-order chi connectivity index (χ1) is 10.2. The third-order valence-corrected chi connectivity index (χ3v) is 7.18. The summed E-state index contributed by atoms with van der Waals surface area (Å²) in [6, 6.07) is 0. The fraction of sp³-hybridized carbons (Fsp3) is 0.200. The van der Waals surface area contributed by atoms with Crippen LogP contribution in [-0.2, 0) is 0 Å². The van der Waals surface area contributed by atoms with E-state index >= 15 is 0 Å². The zero-order valence-corrected chi connectivity index (χ0v) is 15.0. The van der Waals surface area contributed by atoms with E-state index in [9.17, 15) is 0 Å². The van der Waals surface area contributed by atoms with Crippen molar-refractivity contribution in [2.24, 2.45) is 0 Å². The summed E-state index contributed by atoms with van der Waals surface area (Å²) in [5.74, 6) is 7.51. The van der Waals surface area contributed by atoms with Crippen molar-refractivity contribution >= 4 is 69.6 Å². The lowest BCUT2D eigenvalue weighted by atomic mass is 9.99. The topological polar surface area (TPSA) is 3.24 Å². The molecule has 0 bridgehead atoms. The molecule has 3 aliphatic rings. The lowest BCUT2D eigenvalue weighted by Crippen LogP contribution is -2.58. The van der Waals surface area contributed by atoms with Crippen molar-refractivity contribution in [2.75, 3.05) is 0 Å². The van der Waals surface area contributed by atoms with E-state index in [0.29, 0.717) is 0 Å².